The molecule has 0 saturated carbocycles. The number of allylic oxidation sites excluding steroid dienone is 1. The lowest BCUT2D eigenvalue weighted by atomic mass is 10.0. The summed E-state index contributed by atoms with van der Waals surface area (Å²) in [5.74, 6) is 0. The fourth-order valence-electron chi connectivity index (χ4n) is 6.52. The molecule has 0 aromatic carbocycles. The van der Waals surface area contributed by atoms with Gasteiger partial charge in [-0.25, -0.2) is 0 Å². The van der Waals surface area contributed by atoms with E-state index < -0.39 is 0 Å². The lowest BCUT2D eigenvalue weighted by molar-refractivity contribution is -0.894. The molecule has 0 radical (unpaired) electrons. The van der Waals surface area contributed by atoms with Crippen LogP contribution in [0, 0.1) is 0 Å². The van der Waals surface area contributed by atoms with Crippen molar-refractivity contribution >= 4 is 0 Å². The summed E-state index contributed by atoms with van der Waals surface area (Å²) in [6.45, 7) is 13.2. The third-order valence-corrected chi connectivity index (χ3v) is 9.57. The average Bonchev–Trinajstić information content (AvgIpc) is 2.98. The van der Waals surface area contributed by atoms with Crippen molar-refractivity contribution in [3.05, 3.63) is 11.6 Å². The van der Waals surface area contributed by atoms with Crippen molar-refractivity contribution in [2.75, 3.05) is 19.6 Å². The van der Waals surface area contributed by atoms with Crippen LogP contribution >= 0.6 is 0 Å². The van der Waals surface area contributed by atoms with Gasteiger partial charge in [0.25, 0.3) is 0 Å². The van der Waals surface area contributed by atoms with Crippen molar-refractivity contribution in [3.8, 4) is 0 Å². The molecule has 1 nitrogen and oxygen atoms in total. The SMILES string of the molecule is CCCCCCCCCCCCCCCCCC[NH+](CC=C(C)C)CCCCCCCCCCCCCCCCCC.[Cl-]. The van der Waals surface area contributed by atoms with Crippen molar-refractivity contribution in [3.63, 3.8) is 0 Å². The van der Waals surface area contributed by atoms with Crippen LogP contribution < -0.4 is 17.3 Å². The Balaban J connectivity index is 0. The highest BCUT2D eigenvalue weighted by atomic mass is 35.5. The van der Waals surface area contributed by atoms with E-state index >= 15 is 0 Å². The first-order valence-electron chi connectivity index (χ1n) is 20.2. The molecule has 0 amide bonds. The van der Waals surface area contributed by atoms with Gasteiger partial charge in [-0.1, -0.05) is 199 Å². The van der Waals surface area contributed by atoms with E-state index in [1.54, 1.807) is 0 Å². The minimum Gasteiger partial charge on any atom is -1.00 e. The molecule has 0 saturated heterocycles. The number of hydrogen-bond donors (Lipinski definition) is 1. The van der Waals surface area contributed by atoms with Crippen LogP contribution in [0.25, 0.3) is 0 Å². The highest BCUT2D eigenvalue weighted by Crippen LogP contribution is 2.15. The standard InChI is InChI=1S/C41H83N.ClH/c1-5-7-9-11-13-15-17-19-21-23-25-27-29-31-33-35-38-42(40-37-41(3)4)39-36-34-32-30-28-26-24-22-20-18-16-14-12-10-8-6-2;/h37H,5-36,38-40H2,1-4H3;1H. The predicted molar refractivity (Wildman–Crippen MR) is 194 cm³/mol. The Morgan fingerprint density at radius 2 is 0.558 bits per heavy atom. The zero-order valence-electron chi connectivity index (χ0n) is 30.7. The summed E-state index contributed by atoms with van der Waals surface area (Å²) < 4.78 is 0. The van der Waals surface area contributed by atoms with Crippen LogP contribution in [0.15, 0.2) is 11.6 Å². The highest BCUT2D eigenvalue weighted by molar-refractivity contribution is 4.92. The van der Waals surface area contributed by atoms with E-state index in [1.807, 2.05) is 4.90 Å². The number of rotatable bonds is 36. The Morgan fingerprint density at radius 3 is 0.767 bits per heavy atom. The molecule has 0 aromatic rings. The second kappa shape index (κ2) is 40.0. The molecule has 260 valence electrons. The zero-order valence-corrected chi connectivity index (χ0v) is 31.5. The molecule has 1 N–H and O–H groups in total. The van der Waals surface area contributed by atoms with E-state index in [0.29, 0.717) is 0 Å². The van der Waals surface area contributed by atoms with Gasteiger partial charge in [-0.3, -0.25) is 0 Å². The molecule has 0 fully saturated rings. The zero-order chi connectivity index (χ0) is 30.6. The number of unbranched alkanes of at least 4 members (excludes halogenated alkanes) is 30. The van der Waals surface area contributed by atoms with Crippen molar-refractivity contribution in [2.45, 2.75) is 233 Å². The van der Waals surface area contributed by atoms with Gasteiger partial charge in [-0.2, -0.15) is 0 Å². The van der Waals surface area contributed by atoms with Crippen LogP contribution in [-0.4, -0.2) is 19.6 Å². The van der Waals surface area contributed by atoms with Gasteiger partial charge >= 0.3 is 0 Å². The molecular weight excluding hydrogens is 542 g/mol. The maximum absolute atomic E-state index is 2.48. The largest absolute Gasteiger partial charge is 1.00 e. The fourth-order valence-corrected chi connectivity index (χ4v) is 6.52. The maximum atomic E-state index is 2.48. The van der Waals surface area contributed by atoms with E-state index in [1.165, 1.54) is 231 Å². The van der Waals surface area contributed by atoms with Crippen molar-refractivity contribution in [1.29, 1.82) is 0 Å². The maximum Gasteiger partial charge on any atom is 0.0960 e. The Labute approximate surface area is 281 Å². The smallest absolute Gasteiger partial charge is 0.0960 e. The molecular formula is C41H84ClN. The average molecular weight is 627 g/mol. The molecule has 0 bridgehead atoms. The first-order chi connectivity index (χ1) is 20.7. The molecule has 0 unspecified atom stereocenters. The molecule has 0 aliphatic rings. The van der Waals surface area contributed by atoms with Gasteiger partial charge in [0, 0.05) is 0 Å². The molecule has 0 heterocycles. The third kappa shape index (κ3) is 40.0. The highest BCUT2D eigenvalue weighted by Gasteiger charge is 2.07. The van der Waals surface area contributed by atoms with Crippen molar-refractivity contribution in [2.24, 2.45) is 0 Å². The first-order valence-corrected chi connectivity index (χ1v) is 20.2. The normalized spacial score (nSPS) is 11.3. The lowest BCUT2D eigenvalue weighted by Crippen LogP contribution is -3.11. The van der Waals surface area contributed by atoms with Gasteiger partial charge in [-0.15, -0.1) is 0 Å². The molecule has 0 atom stereocenters. The molecule has 0 aliphatic carbocycles. The van der Waals surface area contributed by atoms with Gasteiger partial charge in [0.1, 0.15) is 0 Å². The Kier molecular flexibility index (Phi) is 42.0. The van der Waals surface area contributed by atoms with Gasteiger partial charge < -0.3 is 17.3 Å². The molecule has 2 heteroatoms. The van der Waals surface area contributed by atoms with Crippen molar-refractivity contribution in [1.82, 2.24) is 0 Å². The van der Waals surface area contributed by atoms with Gasteiger partial charge in [0.2, 0.25) is 0 Å². The van der Waals surface area contributed by atoms with Crippen LogP contribution in [0.4, 0.5) is 0 Å². The number of halogens is 1. The molecule has 0 aromatic heterocycles. The fraction of sp³-hybridized carbons (Fsp3) is 0.951. The topological polar surface area (TPSA) is 4.44 Å². The Bertz CT molecular complexity index is 476. The Hall–Kier alpha value is -0.0100. The molecule has 0 aliphatic heterocycles. The van der Waals surface area contributed by atoms with Crippen LogP contribution in [0.3, 0.4) is 0 Å². The number of nitrogens with one attached hydrogen (secondary N) is 1. The van der Waals surface area contributed by atoms with Crippen molar-refractivity contribution < 1.29 is 17.3 Å². The van der Waals surface area contributed by atoms with Crippen LogP contribution in [0.5, 0.6) is 0 Å². The number of hydrogen-bond acceptors (Lipinski definition) is 0. The quantitative estimate of drug-likeness (QED) is 0.0522. The summed E-state index contributed by atoms with van der Waals surface area (Å²) in [4.78, 5) is 1.84. The summed E-state index contributed by atoms with van der Waals surface area (Å²) in [5, 5.41) is 0. The van der Waals surface area contributed by atoms with Gasteiger partial charge in [0.15, 0.2) is 0 Å². The summed E-state index contributed by atoms with van der Waals surface area (Å²) in [5.41, 5.74) is 1.49. The van der Waals surface area contributed by atoms with Gasteiger partial charge in [0.05, 0.1) is 19.6 Å². The summed E-state index contributed by atoms with van der Waals surface area (Å²) in [6, 6.07) is 0. The lowest BCUT2D eigenvalue weighted by Gasteiger charge is -2.18. The van der Waals surface area contributed by atoms with Gasteiger partial charge in [-0.05, 0) is 45.6 Å². The predicted octanol–water partition coefficient (Wildman–Crippen LogP) is 10.4. The Morgan fingerprint density at radius 1 is 0.349 bits per heavy atom. The monoisotopic (exact) mass is 626 g/mol. The van der Waals surface area contributed by atoms with Crippen LogP contribution in [0.2, 0.25) is 0 Å². The first kappa shape index (κ1) is 45.1. The van der Waals surface area contributed by atoms with Crippen LogP contribution in [0.1, 0.15) is 233 Å². The minimum atomic E-state index is 0. The van der Waals surface area contributed by atoms with E-state index in [9.17, 15) is 0 Å². The molecule has 43 heavy (non-hydrogen) atoms. The number of quaternary nitrogens is 1. The second-order valence-electron chi connectivity index (χ2n) is 14.3. The summed E-state index contributed by atoms with van der Waals surface area (Å²) in [7, 11) is 0. The van der Waals surface area contributed by atoms with E-state index in [0.717, 1.165) is 0 Å². The summed E-state index contributed by atoms with van der Waals surface area (Å²) in [6.07, 6.45) is 49.3. The molecule has 0 rings (SSSR count). The van der Waals surface area contributed by atoms with Crippen LogP contribution in [-0.2, 0) is 0 Å². The third-order valence-electron chi connectivity index (χ3n) is 9.57. The van der Waals surface area contributed by atoms with E-state index in [2.05, 4.69) is 33.8 Å². The van der Waals surface area contributed by atoms with E-state index in [-0.39, 0.29) is 12.4 Å². The summed E-state index contributed by atoms with van der Waals surface area (Å²) >= 11 is 0. The van der Waals surface area contributed by atoms with E-state index in [4.69, 9.17) is 0 Å². The minimum absolute atomic E-state index is 0. The molecule has 0 spiro atoms. The second-order valence-corrected chi connectivity index (χ2v) is 14.3.